The molecule has 0 heterocycles. The molecule has 3 nitrogen and oxygen atoms in total. The Kier molecular flexibility index (Phi) is 7.56. The van der Waals surface area contributed by atoms with Crippen LogP contribution in [-0.2, 0) is 11.3 Å². The van der Waals surface area contributed by atoms with Crippen molar-refractivity contribution in [2.75, 3.05) is 6.54 Å². The van der Waals surface area contributed by atoms with Gasteiger partial charge in [0, 0.05) is 18.1 Å². The van der Waals surface area contributed by atoms with Crippen LogP contribution in [0.25, 0.3) is 0 Å². The largest absolute Gasteiger partial charge is 0.337 e. The van der Waals surface area contributed by atoms with Gasteiger partial charge in [0.05, 0.1) is 6.04 Å². The summed E-state index contributed by atoms with van der Waals surface area (Å²) in [5.41, 5.74) is 6.74. The molecule has 0 radical (unpaired) electrons. The van der Waals surface area contributed by atoms with Crippen LogP contribution in [0, 0.1) is 5.41 Å². The fourth-order valence-electron chi connectivity index (χ4n) is 1.74. The lowest BCUT2D eigenvalue weighted by Gasteiger charge is -2.31. The second-order valence-electron chi connectivity index (χ2n) is 5.79. The Labute approximate surface area is 132 Å². The molecule has 1 aromatic carbocycles. The molecule has 2 N–H and O–H groups in total. The maximum atomic E-state index is 12.4. The minimum Gasteiger partial charge on any atom is -0.337 e. The third-order valence-corrected chi connectivity index (χ3v) is 3.58. The van der Waals surface area contributed by atoms with Gasteiger partial charge in [-0.15, -0.1) is 12.4 Å². The minimum absolute atomic E-state index is 0. The normalized spacial score (nSPS) is 12.5. The van der Waals surface area contributed by atoms with Crippen molar-refractivity contribution >= 4 is 29.9 Å². The SMILES string of the molecule is CCN(Cc1ccccc1Cl)C(=O)[C@@H](N)C(C)(C)C.Cl. The average Bonchev–Trinajstić information content (AvgIpc) is 2.35. The Balaban J connectivity index is 0.00000361. The minimum atomic E-state index is -0.505. The predicted molar refractivity (Wildman–Crippen MR) is 87.2 cm³/mol. The standard InChI is InChI=1S/C15H23ClN2O.ClH/c1-5-18(14(19)13(17)15(2,3)4)10-11-8-6-7-9-12(11)16;/h6-9,13H,5,10,17H2,1-4H3;1H/t13-;/m1./s1. The molecule has 1 aromatic rings. The van der Waals surface area contributed by atoms with Crippen LogP contribution in [0.1, 0.15) is 33.3 Å². The fraction of sp³-hybridized carbons (Fsp3) is 0.533. The van der Waals surface area contributed by atoms with Gasteiger partial charge in [-0.25, -0.2) is 0 Å². The van der Waals surface area contributed by atoms with Crippen LogP contribution in [0.15, 0.2) is 24.3 Å². The van der Waals surface area contributed by atoms with E-state index in [4.69, 9.17) is 17.3 Å². The molecule has 0 aliphatic heterocycles. The highest BCUT2D eigenvalue weighted by atomic mass is 35.5. The van der Waals surface area contributed by atoms with Crippen LogP contribution in [-0.4, -0.2) is 23.4 Å². The molecule has 5 heteroatoms. The topological polar surface area (TPSA) is 46.3 Å². The Morgan fingerprint density at radius 3 is 2.35 bits per heavy atom. The lowest BCUT2D eigenvalue weighted by Crippen LogP contribution is -2.50. The van der Waals surface area contributed by atoms with Gasteiger partial charge >= 0.3 is 0 Å². The molecule has 20 heavy (non-hydrogen) atoms. The molecule has 0 aliphatic carbocycles. The van der Waals surface area contributed by atoms with Crippen molar-refractivity contribution in [2.24, 2.45) is 11.1 Å². The Bertz CT molecular complexity index is 444. The van der Waals surface area contributed by atoms with E-state index in [2.05, 4.69) is 0 Å². The second kappa shape index (κ2) is 7.87. The number of hydrogen-bond acceptors (Lipinski definition) is 2. The number of carbonyl (C=O) groups excluding carboxylic acids is 1. The molecule has 0 aliphatic rings. The Morgan fingerprint density at radius 2 is 1.90 bits per heavy atom. The molecule has 1 amide bonds. The maximum absolute atomic E-state index is 12.4. The predicted octanol–water partition coefficient (Wildman–Crippen LogP) is 3.48. The van der Waals surface area contributed by atoms with E-state index in [1.165, 1.54) is 0 Å². The van der Waals surface area contributed by atoms with Crippen LogP contribution in [0.3, 0.4) is 0 Å². The zero-order chi connectivity index (χ0) is 14.6. The number of benzene rings is 1. The average molecular weight is 319 g/mol. The summed E-state index contributed by atoms with van der Waals surface area (Å²) in [6, 6.07) is 7.06. The second-order valence-corrected chi connectivity index (χ2v) is 6.19. The third kappa shape index (κ3) is 4.97. The summed E-state index contributed by atoms with van der Waals surface area (Å²) in [4.78, 5) is 14.1. The summed E-state index contributed by atoms with van der Waals surface area (Å²) in [6.45, 7) is 8.98. The third-order valence-electron chi connectivity index (χ3n) is 3.21. The van der Waals surface area contributed by atoms with Crippen molar-refractivity contribution in [3.05, 3.63) is 34.9 Å². The van der Waals surface area contributed by atoms with Crippen LogP contribution >= 0.6 is 24.0 Å². The lowest BCUT2D eigenvalue weighted by atomic mass is 9.86. The summed E-state index contributed by atoms with van der Waals surface area (Å²) in [5, 5.41) is 0.679. The number of nitrogens with zero attached hydrogens (tertiary/aromatic N) is 1. The highest BCUT2D eigenvalue weighted by molar-refractivity contribution is 6.31. The van der Waals surface area contributed by atoms with Gasteiger partial charge in [-0.1, -0.05) is 50.6 Å². The zero-order valence-electron chi connectivity index (χ0n) is 12.5. The van der Waals surface area contributed by atoms with E-state index < -0.39 is 6.04 Å². The molecule has 1 atom stereocenters. The zero-order valence-corrected chi connectivity index (χ0v) is 14.1. The number of nitrogens with two attached hydrogens (primary N) is 1. The summed E-state index contributed by atoms with van der Waals surface area (Å²) >= 11 is 6.13. The number of halogens is 2. The summed E-state index contributed by atoms with van der Waals surface area (Å²) < 4.78 is 0. The molecule has 0 fully saturated rings. The van der Waals surface area contributed by atoms with E-state index in [1.54, 1.807) is 4.90 Å². The van der Waals surface area contributed by atoms with Gasteiger partial charge in [0.25, 0.3) is 0 Å². The van der Waals surface area contributed by atoms with E-state index in [-0.39, 0.29) is 23.7 Å². The molecule has 0 aromatic heterocycles. The van der Waals surface area contributed by atoms with E-state index in [9.17, 15) is 4.79 Å². The monoisotopic (exact) mass is 318 g/mol. The number of rotatable bonds is 4. The van der Waals surface area contributed by atoms with Crippen molar-refractivity contribution in [1.29, 1.82) is 0 Å². The molecular weight excluding hydrogens is 295 g/mol. The summed E-state index contributed by atoms with van der Waals surface area (Å²) in [5.74, 6) is -0.0325. The first-order chi connectivity index (χ1) is 8.77. The lowest BCUT2D eigenvalue weighted by molar-refractivity contribution is -0.135. The van der Waals surface area contributed by atoms with Crippen LogP contribution in [0.2, 0.25) is 5.02 Å². The van der Waals surface area contributed by atoms with Crippen LogP contribution in [0.4, 0.5) is 0 Å². The van der Waals surface area contributed by atoms with Crippen molar-refractivity contribution in [1.82, 2.24) is 4.90 Å². The first kappa shape index (κ1) is 19.2. The molecular formula is C15H24Cl2N2O. The van der Waals surface area contributed by atoms with Crippen molar-refractivity contribution in [3.63, 3.8) is 0 Å². The van der Waals surface area contributed by atoms with Gasteiger partial charge in [0.2, 0.25) is 5.91 Å². The molecule has 0 saturated heterocycles. The highest BCUT2D eigenvalue weighted by Gasteiger charge is 2.30. The van der Waals surface area contributed by atoms with Crippen molar-refractivity contribution < 1.29 is 4.79 Å². The van der Waals surface area contributed by atoms with E-state index in [1.807, 2.05) is 52.0 Å². The summed E-state index contributed by atoms with van der Waals surface area (Å²) in [7, 11) is 0. The smallest absolute Gasteiger partial charge is 0.240 e. The van der Waals surface area contributed by atoms with E-state index in [0.29, 0.717) is 18.1 Å². The number of carbonyl (C=O) groups is 1. The van der Waals surface area contributed by atoms with Crippen molar-refractivity contribution in [3.8, 4) is 0 Å². The van der Waals surface area contributed by atoms with E-state index >= 15 is 0 Å². The first-order valence-electron chi connectivity index (χ1n) is 6.55. The molecule has 0 bridgehead atoms. The Hall–Kier alpha value is -0.770. The quantitative estimate of drug-likeness (QED) is 0.923. The highest BCUT2D eigenvalue weighted by Crippen LogP contribution is 2.21. The maximum Gasteiger partial charge on any atom is 0.240 e. The number of amides is 1. The van der Waals surface area contributed by atoms with E-state index in [0.717, 1.165) is 5.56 Å². The Morgan fingerprint density at radius 1 is 1.35 bits per heavy atom. The first-order valence-corrected chi connectivity index (χ1v) is 6.93. The van der Waals surface area contributed by atoms with Gasteiger partial charge < -0.3 is 10.6 Å². The molecule has 0 spiro atoms. The van der Waals surface area contributed by atoms with Crippen molar-refractivity contribution in [2.45, 2.75) is 40.3 Å². The van der Waals surface area contributed by atoms with Gasteiger partial charge in [-0.05, 0) is 24.0 Å². The molecule has 0 unspecified atom stereocenters. The number of likely N-dealkylation sites (N-methyl/N-ethyl adjacent to an activating group) is 1. The van der Waals surface area contributed by atoms with Gasteiger partial charge in [0.1, 0.15) is 0 Å². The fourth-order valence-corrected chi connectivity index (χ4v) is 1.94. The van der Waals surface area contributed by atoms with Gasteiger partial charge in [-0.2, -0.15) is 0 Å². The molecule has 114 valence electrons. The van der Waals surface area contributed by atoms with Crippen LogP contribution < -0.4 is 5.73 Å². The number of hydrogen-bond donors (Lipinski definition) is 1. The van der Waals surface area contributed by atoms with Gasteiger partial charge in [-0.3, -0.25) is 4.79 Å². The van der Waals surface area contributed by atoms with Crippen LogP contribution in [0.5, 0.6) is 0 Å². The molecule has 1 rings (SSSR count). The summed E-state index contributed by atoms with van der Waals surface area (Å²) in [6.07, 6.45) is 0. The molecule has 0 saturated carbocycles. The van der Waals surface area contributed by atoms with Gasteiger partial charge in [0.15, 0.2) is 0 Å².